The van der Waals surface area contributed by atoms with Crippen LogP contribution in [-0.2, 0) is 6.61 Å². The zero-order valence-corrected chi connectivity index (χ0v) is 11.0. The van der Waals surface area contributed by atoms with Crippen LogP contribution in [0.3, 0.4) is 0 Å². The normalized spacial score (nSPS) is 12.2. The summed E-state index contributed by atoms with van der Waals surface area (Å²) in [5.41, 5.74) is 8.00. The average Bonchev–Trinajstić information content (AvgIpc) is 2.46. The van der Waals surface area contributed by atoms with Gasteiger partial charge < -0.3 is 10.5 Å². The van der Waals surface area contributed by atoms with Crippen molar-refractivity contribution in [1.82, 2.24) is 0 Å². The first kappa shape index (κ1) is 13.6. The van der Waals surface area contributed by atoms with Crippen molar-refractivity contribution in [3.05, 3.63) is 65.5 Å². The molecule has 100 valence electrons. The van der Waals surface area contributed by atoms with Gasteiger partial charge in [0, 0.05) is 6.04 Å². The van der Waals surface area contributed by atoms with Gasteiger partial charge in [-0.25, -0.2) is 4.39 Å². The van der Waals surface area contributed by atoms with Crippen molar-refractivity contribution in [1.29, 1.82) is 0 Å². The Morgan fingerprint density at radius 1 is 1.05 bits per heavy atom. The van der Waals surface area contributed by atoms with E-state index < -0.39 is 0 Å². The predicted molar refractivity (Wildman–Crippen MR) is 74.4 cm³/mol. The summed E-state index contributed by atoms with van der Waals surface area (Å²) >= 11 is 0. The van der Waals surface area contributed by atoms with Gasteiger partial charge in [-0.2, -0.15) is 0 Å². The molecule has 0 aromatic heterocycles. The van der Waals surface area contributed by atoms with Crippen LogP contribution >= 0.6 is 0 Å². The lowest BCUT2D eigenvalue weighted by Crippen LogP contribution is -2.08. The second-order valence-electron chi connectivity index (χ2n) is 4.50. The number of nitrogens with two attached hydrogens (primary N) is 1. The van der Waals surface area contributed by atoms with Gasteiger partial charge in [-0.1, -0.05) is 31.2 Å². The zero-order valence-electron chi connectivity index (χ0n) is 11.0. The van der Waals surface area contributed by atoms with Crippen molar-refractivity contribution in [3.63, 3.8) is 0 Å². The van der Waals surface area contributed by atoms with Gasteiger partial charge in [-0.05, 0) is 41.8 Å². The molecular weight excluding hydrogens is 241 g/mol. The van der Waals surface area contributed by atoms with Gasteiger partial charge in [-0.15, -0.1) is 0 Å². The Bertz CT molecular complexity index is 507. The Labute approximate surface area is 113 Å². The molecule has 0 bridgehead atoms. The molecule has 0 aliphatic carbocycles. The van der Waals surface area contributed by atoms with Crippen LogP contribution in [-0.4, -0.2) is 0 Å². The minimum absolute atomic E-state index is 0.0751. The third kappa shape index (κ3) is 3.80. The Morgan fingerprint density at radius 2 is 1.68 bits per heavy atom. The van der Waals surface area contributed by atoms with E-state index in [1.165, 1.54) is 12.1 Å². The first-order valence-electron chi connectivity index (χ1n) is 6.42. The maximum absolute atomic E-state index is 12.8. The molecule has 0 aliphatic heterocycles. The molecule has 0 saturated heterocycles. The highest BCUT2D eigenvalue weighted by molar-refractivity contribution is 5.29. The summed E-state index contributed by atoms with van der Waals surface area (Å²) in [6.45, 7) is 2.49. The molecule has 0 radical (unpaired) electrons. The summed E-state index contributed by atoms with van der Waals surface area (Å²) in [5, 5.41) is 0. The minimum Gasteiger partial charge on any atom is -0.489 e. The van der Waals surface area contributed by atoms with E-state index in [1.807, 2.05) is 24.3 Å². The van der Waals surface area contributed by atoms with Crippen LogP contribution in [0.5, 0.6) is 5.75 Å². The zero-order chi connectivity index (χ0) is 13.7. The van der Waals surface area contributed by atoms with E-state index in [1.54, 1.807) is 12.1 Å². The minimum atomic E-state index is -0.235. The van der Waals surface area contributed by atoms with E-state index in [0.29, 0.717) is 6.61 Å². The third-order valence-corrected chi connectivity index (χ3v) is 3.07. The van der Waals surface area contributed by atoms with Gasteiger partial charge in [-0.3, -0.25) is 0 Å². The summed E-state index contributed by atoms with van der Waals surface area (Å²) in [6, 6.07) is 14.2. The lowest BCUT2D eigenvalue weighted by molar-refractivity contribution is 0.306. The molecule has 19 heavy (non-hydrogen) atoms. The molecule has 2 aromatic carbocycles. The monoisotopic (exact) mass is 259 g/mol. The first-order valence-corrected chi connectivity index (χ1v) is 6.42. The van der Waals surface area contributed by atoms with Crippen LogP contribution < -0.4 is 10.5 Å². The van der Waals surface area contributed by atoms with E-state index in [9.17, 15) is 4.39 Å². The summed E-state index contributed by atoms with van der Waals surface area (Å²) < 4.78 is 18.4. The summed E-state index contributed by atoms with van der Waals surface area (Å²) in [5.74, 6) is 0.554. The Kier molecular flexibility index (Phi) is 4.53. The fourth-order valence-corrected chi connectivity index (χ4v) is 1.79. The van der Waals surface area contributed by atoms with Crippen molar-refractivity contribution in [2.75, 3.05) is 0 Å². The summed E-state index contributed by atoms with van der Waals surface area (Å²) in [4.78, 5) is 0. The number of ether oxygens (including phenoxy) is 1. The Morgan fingerprint density at radius 3 is 2.26 bits per heavy atom. The first-order chi connectivity index (χ1) is 9.19. The van der Waals surface area contributed by atoms with Crippen LogP contribution in [0.4, 0.5) is 4.39 Å². The Balaban J connectivity index is 1.94. The molecule has 2 N–H and O–H groups in total. The molecule has 0 saturated carbocycles. The molecule has 0 aliphatic rings. The topological polar surface area (TPSA) is 35.2 Å². The van der Waals surface area contributed by atoms with Crippen molar-refractivity contribution < 1.29 is 9.13 Å². The molecule has 3 heteroatoms. The summed E-state index contributed by atoms with van der Waals surface area (Å²) in [7, 11) is 0. The van der Waals surface area contributed by atoms with Crippen LogP contribution in [0.25, 0.3) is 0 Å². The molecule has 2 aromatic rings. The molecule has 0 unspecified atom stereocenters. The number of hydrogen-bond donors (Lipinski definition) is 1. The van der Waals surface area contributed by atoms with Crippen molar-refractivity contribution in [3.8, 4) is 5.75 Å². The second kappa shape index (κ2) is 6.34. The van der Waals surface area contributed by atoms with Gasteiger partial charge in [0.25, 0.3) is 0 Å². The molecule has 1 atom stereocenters. The fraction of sp³-hybridized carbons (Fsp3) is 0.250. The molecule has 2 rings (SSSR count). The molecule has 0 fully saturated rings. The predicted octanol–water partition coefficient (Wildman–Crippen LogP) is 3.81. The van der Waals surface area contributed by atoms with E-state index >= 15 is 0 Å². The van der Waals surface area contributed by atoms with Gasteiger partial charge in [0.15, 0.2) is 0 Å². The number of hydrogen-bond acceptors (Lipinski definition) is 2. The van der Waals surface area contributed by atoms with Crippen molar-refractivity contribution in [2.45, 2.75) is 26.0 Å². The molecule has 0 spiro atoms. The van der Waals surface area contributed by atoms with Gasteiger partial charge >= 0.3 is 0 Å². The standard InChI is InChI=1S/C16H18FNO/c1-2-16(18)13-5-9-15(10-6-13)19-11-12-3-7-14(17)8-4-12/h3-10,16H,2,11,18H2,1H3/t16-/m1/s1. The van der Waals surface area contributed by atoms with Crippen LogP contribution in [0, 0.1) is 5.82 Å². The van der Waals surface area contributed by atoms with E-state index in [4.69, 9.17) is 10.5 Å². The quantitative estimate of drug-likeness (QED) is 0.886. The number of rotatable bonds is 5. The highest BCUT2D eigenvalue weighted by Crippen LogP contribution is 2.19. The lowest BCUT2D eigenvalue weighted by atomic mass is 10.1. The second-order valence-corrected chi connectivity index (χ2v) is 4.50. The maximum atomic E-state index is 12.8. The largest absolute Gasteiger partial charge is 0.489 e. The molecule has 0 amide bonds. The SMILES string of the molecule is CC[C@@H](N)c1ccc(OCc2ccc(F)cc2)cc1. The maximum Gasteiger partial charge on any atom is 0.123 e. The molecule has 0 heterocycles. The lowest BCUT2D eigenvalue weighted by Gasteiger charge is -2.11. The van der Waals surface area contributed by atoms with Crippen LogP contribution in [0.2, 0.25) is 0 Å². The van der Waals surface area contributed by atoms with Crippen LogP contribution in [0.1, 0.15) is 30.5 Å². The van der Waals surface area contributed by atoms with Crippen molar-refractivity contribution in [2.24, 2.45) is 5.73 Å². The highest BCUT2D eigenvalue weighted by Gasteiger charge is 2.03. The van der Waals surface area contributed by atoms with Crippen LogP contribution in [0.15, 0.2) is 48.5 Å². The molecule has 2 nitrogen and oxygen atoms in total. The average molecular weight is 259 g/mol. The summed E-state index contributed by atoms with van der Waals surface area (Å²) in [6.07, 6.45) is 0.912. The van der Waals surface area contributed by atoms with Gasteiger partial charge in [0.2, 0.25) is 0 Å². The van der Waals surface area contributed by atoms with Crippen molar-refractivity contribution >= 4 is 0 Å². The van der Waals surface area contributed by atoms with E-state index in [0.717, 1.165) is 23.3 Å². The van der Waals surface area contributed by atoms with E-state index in [2.05, 4.69) is 6.92 Å². The number of benzene rings is 2. The van der Waals surface area contributed by atoms with Gasteiger partial charge in [0.1, 0.15) is 18.2 Å². The fourth-order valence-electron chi connectivity index (χ4n) is 1.79. The van der Waals surface area contributed by atoms with Gasteiger partial charge in [0.05, 0.1) is 0 Å². The highest BCUT2D eigenvalue weighted by atomic mass is 19.1. The Hall–Kier alpha value is -1.87. The molecular formula is C16H18FNO. The third-order valence-electron chi connectivity index (χ3n) is 3.07. The smallest absolute Gasteiger partial charge is 0.123 e. The number of halogens is 1. The van der Waals surface area contributed by atoms with E-state index in [-0.39, 0.29) is 11.9 Å².